The van der Waals surface area contributed by atoms with Gasteiger partial charge in [-0.25, -0.2) is 0 Å². The van der Waals surface area contributed by atoms with E-state index in [9.17, 15) is 0 Å². The number of rotatable bonds is 5. The monoisotopic (exact) mass is 335 g/mol. The molecule has 0 radical (unpaired) electrons. The van der Waals surface area contributed by atoms with Crippen molar-refractivity contribution in [3.8, 4) is 0 Å². The minimum atomic E-state index is 0. The smallest absolute Gasteiger partial charge is 0.117 e. The van der Waals surface area contributed by atoms with Gasteiger partial charge in [-0.3, -0.25) is 0 Å². The van der Waals surface area contributed by atoms with E-state index < -0.39 is 0 Å². The van der Waals surface area contributed by atoms with E-state index in [0.717, 1.165) is 31.0 Å². The molecule has 0 amide bonds. The third-order valence-electron chi connectivity index (χ3n) is 2.27. The molecule has 0 aliphatic carbocycles. The zero-order chi connectivity index (χ0) is 11.4. The van der Waals surface area contributed by atoms with Crippen molar-refractivity contribution in [1.82, 2.24) is 5.32 Å². The van der Waals surface area contributed by atoms with E-state index in [1.165, 1.54) is 8.66 Å². The van der Waals surface area contributed by atoms with Gasteiger partial charge in [-0.05, 0) is 53.5 Å². The Kier molecular flexibility index (Phi) is 6.27. The summed E-state index contributed by atoms with van der Waals surface area (Å²) in [7, 11) is 0. The predicted molar refractivity (Wildman–Crippen MR) is 78.1 cm³/mol. The van der Waals surface area contributed by atoms with Gasteiger partial charge in [-0.15, -0.1) is 23.7 Å². The first-order valence-electron chi connectivity index (χ1n) is 5.24. The van der Waals surface area contributed by atoms with E-state index in [2.05, 4.69) is 33.4 Å². The summed E-state index contributed by atoms with van der Waals surface area (Å²) in [5.74, 6) is 1.98. The van der Waals surface area contributed by atoms with Gasteiger partial charge in [0.2, 0.25) is 0 Å². The van der Waals surface area contributed by atoms with Crippen LogP contribution in [-0.4, -0.2) is 6.54 Å². The Labute approximate surface area is 120 Å². The Bertz CT molecular complexity index is 413. The highest BCUT2D eigenvalue weighted by molar-refractivity contribution is 9.11. The predicted octanol–water partition coefficient (Wildman–Crippen LogP) is 4.17. The average molecular weight is 337 g/mol. The lowest BCUT2D eigenvalue weighted by atomic mass is 10.3. The molecule has 2 rings (SSSR count). The molecular weight excluding hydrogens is 322 g/mol. The van der Waals surface area contributed by atoms with E-state index in [0.29, 0.717) is 0 Å². The first-order chi connectivity index (χ1) is 7.74. The summed E-state index contributed by atoms with van der Waals surface area (Å²) >= 11 is 5.26. The van der Waals surface area contributed by atoms with E-state index in [1.54, 1.807) is 11.3 Å². The standard InChI is InChI=1S/C12H14BrNOS.ClH/c1-9-2-3-10(15-9)8-14-7-6-11-4-5-12(13)16-11;/h2-5,14H,6-8H2,1H3;1H. The molecule has 0 aromatic carbocycles. The summed E-state index contributed by atoms with van der Waals surface area (Å²) in [6.45, 7) is 3.75. The fraction of sp³-hybridized carbons (Fsp3) is 0.333. The van der Waals surface area contributed by atoms with Gasteiger partial charge in [0.1, 0.15) is 11.5 Å². The second kappa shape index (κ2) is 7.21. The fourth-order valence-electron chi connectivity index (χ4n) is 1.49. The highest BCUT2D eigenvalue weighted by atomic mass is 79.9. The van der Waals surface area contributed by atoms with Crippen LogP contribution in [-0.2, 0) is 13.0 Å². The molecule has 0 saturated heterocycles. The van der Waals surface area contributed by atoms with Crippen molar-refractivity contribution in [2.75, 3.05) is 6.54 Å². The first-order valence-corrected chi connectivity index (χ1v) is 6.85. The minimum absolute atomic E-state index is 0. The Balaban J connectivity index is 0.00000144. The molecule has 2 heterocycles. The molecule has 1 N–H and O–H groups in total. The van der Waals surface area contributed by atoms with Gasteiger partial charge in [0.25, 0.3) is 0 Å². The fourth-order valence-corrected chi connectivity index (χ4v) is 2.97. The van der Waals surface area contributed by atoms with E-state index in [4.69, 9.17) is 4.42 Å². The quantitative estimate of drug-likeness (QED) is 0.829. The number of hydrogen-bond donors (Lipinski definition) is 1. The molecule has 0 spiro atoms. The van der Waals surface area contributed by atoms with Crippen molar-refractivity contribution >= 4 is 39.7 Å². The summed E-state index contributed by atoms with van der Waals surface area (Å²) in [4.78, 5) is 1.40. The summed E-state index contributed by atoms with van der Waals surface area (Å²) < 4.78 is 6.67. The molecule has 5 heteroatoms. The first kappa shape index (κ1) is 14.8. The van der Waals surface area contributed by atoms with Crippen molar-refractivity contribution < 1.29 is 4.42 Å². The van der Waals surface area contributed by atoms with Gasteiger partial charge in [0, 0.05) is 11.4 Å². The van der Waals surface area contributed by atoms with Gasteiger partial charge in [0.15, 0.2) is 0 Å². The molecule has 0 atom stereocenters. The SMILES string of the molecule is Cc1ccc(CNCCc2ccc(Br)s2)o1.Cl. The molecule has 2 aromatic heterocycles. The summed E-state index contributed by atoms with van der Waals surface area (Å²) in [5.41, 5.74) is 0. The molecule has 0 aliphatic rings. The Morgan fingerprint density at radius 1 is 1.29 bits per heavy atom. The van der Waals surface area contributed by atoms with Gasteiger partial charge in [-0.1, -0.05) is 0 Å². The van der Waals surface area contributed by atoms with Crippen molar-refractivity contribution in [3.05, 3.63) is 44.4 Å². The Morgan fingerprint density at radius 3 is 2.71 bits per heavy atom. The van der Waals surface area contributed by atoms with Crippen LogP contribution in [0.3, 0.4) is 0 Å². The van der Waals surface area contributed by atoms with Crippen LogP contribution in [0, 0.1) is 6.92 Å². The van der Waals surface area contributed by atoms with E-state index in [-0.39, 0.29) is 12.4 Å². The number of halogens is 2. The topological polar surface area (TPSA) is 25.2 Å². The largest absolute Gasteiger partial charge is 0.465 e. The van der Waals surface area contributed by atoms with Crippen LogP contribution in [0.4, 0.5) is 0 Å². The van der Waals surface area contributed by atoms with Gasteiger partial charge < -0.3 is 9.73 Å². The molecule has 2 aromatic rings. The maximum Gasteiger partial charge on any atom is 0.117 e. The number of thiophene rings is 1. The summed E-state index contributed by atoms with van der Waals surface area (Å²) in [5, 5.41) is 3.37. The molecule has 0 aliphatic heterocycles. The maximum absolute atomic E-state index is 5.47. The Morgan fingerprint density at radius 2 is 2.12 bits per heavy atom. The zero-order valence-electron chi connectivity index (χ0n) is 9.53. The third kappa shape index (κ3) is 4.84. The molecule has 17 heavy (non-hydrogen) atoms. The summed E-state index contributed by atoms with van der Waals surface area (Å²) in [6.07, 6.45) is 1.07. The van der Waals surface area contributed by atoms with Gasteiger partial charge >= 0.3 is 0 Å². The van der Waals surface area contributed by atoms with Crippen LogP contribution in [0.2, 0.25) is 0 Å². The van der Waals surface area contributed by atoms with Crippen molar-refractivity contribution in [2.45, 2.75) is 19.9 Å². The molecule has 94 valence electrons. The van der Waals surface area contributed by atoms with Crippen molar-refractivity contribution in [3.63, 3.8) is 0 Å². The average Bonchev–Trinajstić information content (AvgIpc) is 2.83. The second-order valence-corrected chi connectivity index (χ2v) is 6.19. The third-order valence-corrected chi connectivity index (χ3v) is 3.96. The van der Waals surface area contributed by atoms with Crippen LogP contribution in [0.1, 0.15) is 16.4 Å². The normalized spacial score (nSPS) is 10.2. The molecular formula is C12H15BrClNOS. The number of aryl methyl sites for hydroxylation is 1. The summed E-state index contributed by atoms with van der Waals surface area (Å²) in [6, 6.07) is 8.26. The maximum atomic E-state index is 5.47. The second-order valence-electron chi connectivity index (χ2n) is 3.64. The van der Waals surface area contributed by atoms with E-state index >= 15 is 0 Å². The lowest BCUT2D eigenvalue weighted by molar-refractivity contribution is 0.463. The highest BCUT2D eigenvalue weighted by Crippen LogP contribution is 2.22. The van der Waals surface area contributed by atoms with E-state index in [1.807, 2.05) is 19.1 Å². The van der Waals surface area contributed by atoms with Crippen LogP contribution in [0.15, 0.2) is 32.5 Å². The van der Waals surface area contributed by atoms with Gasteiger partial charge in [-0.2, -0.15) is 0 Å². The lowest BCUT2D eigenvalue weighted by Gasteiger charge is -2.00. The van der Waals surface area contributed by atoms with Crippen LogP contribution in [0.25, 0.3) is 0 Å². The van der Waals surface area contributed by atoms with Crippen LogP contribution < -0.4 is 5.32 Å². The number of nitrogens with one attached hydrogen (secondary N) is 1. The molecule has 0 bridgehead atoms. The van der Waals surface area contributed by atoms with Crippen molar-refractivity contribution in [2.24, 2.45) is 0 Å². The van der Waals surface area contributed by atoms with Crippen LogP contribution in [0.5, 0.6) is 0 Å². The number of furan rings is 1. The molecule has 0 saturated carbocycles. The molecule has 2 nitrogen and oxygen atoms in total. The van der Waals surface area contributed by atoms with Crippen LogP contribution >= 0.6 is 39.7 Å². The Hall–Kier alpha value is -0.290. The highest BCUT2D eigenvalue weighted by Gasteiger charge is 1.99. The minimum Gasteiger partial charge on any atom is -0.465 e. The molecule has 0 unspecified atom stereocenters. The van der Waals surface area contributed by atoms with Crippen molar-refractivity contribution in [1.29, 1.82) is 0 Å². The zero-order valence-corrected chi connectivity index (χ0v) is 12.8. The molecule has 0 fully saturated rings. The lowest BCUT2D eigenvalue weighted by Crippen LogP contribution is -2.15. The number of hydrogen-bond acceptors (Lipinski definition) is 3. The van der Waals surface area contributed by atoms with Gasteiger partial charge in [0.05, 0.1) is 10.3 Å².